The molecule has 0 saturated carbocycles. The van der Waals surface area contributed by atoms with Gasteiger partial charge < -0.3 is 5.73 Å². The lowest BCUT2D eigenvalue weighted by Crippen LogP contribution is -2.11. The number of amides is 1. The second-order valence-corrected chi connectivity index (χ2v) is 3.73. The molecule has 0 aliphatic carbocycles. The number of halogens is 2. The van der Waals surface area contributed by atoms with Gasteiger partial charge in [-0.2, -0.15) is 0 Å². The van der Waals surface area contributed by atoms with E-state index in [1.165, 1.54) is 18.5 Å². The molecule has 2 N–H and O–H groups in total. The molecule has 3 nitrogen and oxygen atoms in total. The second kappa shape index (κ2) is 5.27. The van der Waals surface area contributed by atoms with Crippen LogP contribution in [0.4, 0.5) is 8.78 Å². The monoisotopic (exact) mass is 258 g/mol. The van der Waals surface area contributed by atoms with Crippen molar-refractivity contribution in [3.05, 3.63) is 65.0 Å². The molecule has 0 unspecified atom stereocenters. The van der Waals surface area contributed by atoms with Crippen molar-refractivity contribution in [3.8, 4) is 11.8 Å². The molecule has 5 heteroatoms. The number of rotatable bonds is 1. The molecule has 0 aliphatic rings. The summed E-state index contributed by atoms with van der Waals surface area (Å²) in [7, 11) is 0. The van der Waals surface area contributed by atoms with Crippen molar-refractivity contribution in [3.63, 3.8) is 0 Å². The van der Waals surface area contributed by atoms with Crippen LogP contribution in [0.3, 0.4) is 0 Å². The molecule has 94 valence electrons. The van der Waals surface area contributed by atoms with Gasteiger partial charge in [0.2, 0.25) is 5.91 Å². The Bertz CT molecular complexity index is 682. The van der Waals surface area contributed by atoms with E-state index in [0.29, 0.717) is 5.56 Å². The molecule has 0 bridgehead atoms. The molecule has 1 aromatic carbocycles. The zero-order valence-corrected chi connectivity index (χ0v) is 9.65. The third kappa shape index (κ3) is 3.36. The number of carbonyl (C=O) groups excluding carboxylic acids is 1. The third-order valence-electron chi connectivity index (χ3n) is 2.24. The van der Waals surface area contributed by atoms with E-state index in [1.807, 2.05) is 0 Å². The standard InChI is InChI=1S/C14H8F2N2O/c15-12-4-9(5-13(16)6-12)1-2-10-3-11(14(17)19)8-18-7-10/h3-8H,(H2,17,19). The van der Waals surface area contributed by atoms with Crippen molar-refractivity contribution >= 4 is 5.91 Å². The zero-order valence-electron chi connectivity index (χ0n) is 9.65. The van der Waals surface area contributed by atoms with Crippen LogP contribution < -0.4 is 5.73 Å². The summed E-state index contributed by atoms with van der Waals surface area (Å²) in [5, 5.41) is 0. The maximum Gasteiger partial charge on any atom is 0.250 e. The van der Waals surface area contributed by atoms with Crippen molar-refractivity contribution in [2.75, 3.05) is 0 Å². The van der Waals surface area contributed by atoms with E-state index in [0.717, 1.165) is 18.2 Å². The summed E-state index contributed by atoms with van der Waals surface area (Å²) in [5.41, 5.74) is 5.95. The molecule has 1 amide bonds. The summed E-state index contributed by atoms with van der Waals surface area (Å²) in [6, 6.07) is 4.45. The largest absolute Gasteiger partial charge is 0.366 e. The van der Waals surface area contributed by atoms with Crippen molar-refractivity contribution in [2.45, 2.75) is 0 Å². The minimum absolute atomic E-state index is 0.196. The van der Waals surface area contributed by atoms with Crippen molar-refractivity contribution in [1.29, 1.82) is 0 Å². The van der Waals surface area contributed by atoms with Gasteiger partial charge in [-0.05, 0) is 18.2 Å². The van der Waals surface area contributed by atoms with Gasteiger partial charge in [-0.15, -0.1) is 0 Å². The number of pyridine rings is 1. The lowest BCUT2D eigenvalue weighted by Gasteiger charge is -1.95. The van der Waals surface area contributed by atoms with Crippen LogP contribution >= 0.6 is 0 Å². The van der Waals surface area contributed by atoms with Crippen molar-refractivity contribution in [1.82, 2.24) is 4.98 Å². The molecule has 0 fully saturated rings. The Kier molecular flexibility index (Phi) is 3.53. The summed E-state index contributed by atoms with van der Waals surface area (Å²) < 4.78 is 25.9. The molecule has 19 heavy (non-hydrogen) atoms. The van der Waals surface area contributed by atoms with E-state index in [2.05, 4.69) is 16.8 Å². The van der Waals surface area contributed by atoms with Gasteiger partial charge in [0.15, 0.2) is 0 Å². The topological polar surface area (TPSA) is 56.0 Å². The highest BCUT2D eigenvalue weighted by atomic mass is 19.1. The van der Waals surface area contributed by atoms with Gasteiger partial charge in [0.1, 0.15) is 11.6 Å². The van der Waals surface area contributed by atoms with Gasteiger partial charge in [-0.25, -0.2) is 8.78 Å². The first-order valence-electron chi connectivity index (χ1n) is 5.27. The number of primary amides is 1. The van der Waals surface area contributed by atoms with Crippen LogP contribution in [0.2, 0.25) is 0 Å². The lowest BCUT2D eigenvalue weighted by molar-refractivity contribution is 0.1000. The third-order valence-corrected chi connectivity index (χ3v) is 2.24. The van der Waals surface area contributed by atoms with Crippen LogP contribution in [-0.4, -0.2) is 10.9 Å². The zero-order chi connectivity index (χ0) is 13.8. The van der Waals surface area contributed by atoms with Gasteiger partial charge in [0, 0.05) is 29.6 Å². The van der Waals surface area contributed by atoms with E-state index in [4.69, 9.17) is 5.73 Å². The highest BCUT2D eigenvalue weighted by Gasteiger charge is 2.01. The van der Waals surface area contributed by atoms with Gasteiger partial charge in [0.25, 0.3) is 0 Å². The normalized spacial score (nSPS) is 9.58. The predicted octanol–water partition coefficient (Wildman–Crippen LogP) is 1.86. The Morgan fingerprint density at radius 2 is 1.63 bits per heavy atom. The first-order chi connectivity index (χ1) is 9.04. The average molecular weight is 258 g/mol. The summed E-state index contributed by atoms with van der Waals surface area (Å²) >= 11 is 0. The van der Waals surface area contributed by atoms with E-state index in [9.17, 15) is 13.6 Å². The van der Waals surface area contributed by atoms with E-state index in [1.54, 1.807) is 0 Å². The van der Waals surface area contributed by atoms with Gasteiger partial charge in [-0.1, -0.05) is 11.8 Å². The first-order valence-corrected chi connectivity index (χ1v) is 5.27. The Hall–Kier alpha value is -2.74. The minimum atomic E-state index is -0.701. The molecule has 0 atom stereocenters. The molecule has 0 aliphatic heterocycles. The highest BCUT2D eigenvalue weighted by molar-refractivity contribution is 5.92. The summed E-state index contributed by atoms with van der Waals surface area (Å²) in [4.78, 5) is 14.8. The predicted molar refractivity (Wildman–Crippen MR) is 65.1 cm³/mol. The van der Waals surface area contributed by atoms with Crippen LogP contribution in [0.15, 0.2) is 36.7 Å². The molecule has 1 heterocycles. The van der Waals surface area contributed by atoms with Gasteiger partial charge in [0.05, 0.1) is 5.56 Å². The van der Waals surface area contributed by atoms with Crippen LogP contribution in [0.5, 0.6) is 0 Å². The van der Waals surface area contributed by atoms with E-state index < -0.39 is 17.5 Å². The maximum atomic E-state index is 12.9. The molecule has 0 spiro atoms. The Morgan fingerprint density at radius 3 is 2.26 bits per heavy atom. The van der Waals surface area contributed by atoms with Crippen LogP contribution in [0, 0.1) is 23.5 Å². The van der Waals surface area contributed by atoms with E-state index >= 15 is 0 Å². The Labute approximate surface area is 108 Å². The van der Waals surface area contributed by atoms with Gasteiger partial charge >= 0.3 is 0 Å². The number of nitrogens with zero attached hydrogens (tertiary/aromatic N) is 1. The number of benzene rings is 1. The average Bonchev–Trinajstić information content (AvgIpc) is 2.35. The number of hydrogen-bond donors (Lipinski definition) is 1. The summed E-state index contributed by atoms with van der Waals surface area (Å²) in [5.74, 6) is 3.22. The Balaban J connectivity index is 2.33. The van der Waals surface area contributed by atoms with Crippen LogP contribution in [-0.2, 0) is 0 Å². The number of aromatic nitrogens is 1. The summed E-state index contributed by atoms with van der Waals surface area (Å²) in [6.07, 6.45) is 2.74. The van der Waals surface area contributed by atoms with Crippen molar-refractivity contribution in [2.24, 2.45) is 5.73 Å². The highest BCUT2D eigenvalue weighted by Crippen LogP contribution is 2.07. The SMILES string of the molecule is NC(=O)c1cncc(C#Cc2cc(F)cc(F)c2)c1. The second-order valence-electron chi connectivity index (χ2n) is 3.73. The molecule has 0 radical (unpaired) electrons. The van der Waals surface area contributed by atoms with Crippen LogP contribution in [0.1, 0.15) is 21.5 Å². The number of carbonyl (C=O) groups is 1. The lowest BCUT2D eigenvalue weighted by atomic mass is 10.1. The molecular formula is C14H8F2N2O. The molecule has 0 saturated heterocycles. The van der Waals surface area contributed by atoms with E-state index in [-0.39, 0.29) is 11.1 Å². The molecule has 2 rings (SSSR count). The smallest absolute Gasteiger partial charge is 0.250 e. The quantitative estimate of drug-likeness (QED) is 0.794. The van der Waals surface area contributed by atoms with Crippen LogP contribution in [0.25, 0.3) is 0 Å². The molecule has 1 aromatic heterocycles. The molecule has 2 aromatic rings. The Morgan fingerprint density at radius 1 is 1.00 bits per heavy atom. The minimum Gasteiger partial charge on any atom is -0.366 e. The van der Waals surface area contributed by atoms with Gasteiger partial charge in [-0.3, -0.25) is 9.78 Å². The fourth-order valence-corrected chi connectivity index (χ4v) is 1.41. The molecular weight excluding hydrogens is 250 g/mol. The van der Waals surface area contributed by atoms with Crippen molar-refractivity contribution < 1.29 is 13.6 Å². The fourth-order valence-electron chi connectivity index (χ4n) is 1.41. The number of nitrogens with two attached hydrogens (primary N) is 1. The first kappa shape index (κ1) is 12.7. The fraction of sp³-hybridized carbons (Fsp3) is 0. The summed E-state index contributed by atoms with van der Waals surface area (Å²) in [6.45, 7) is 0. The number of hydrogen-bond acceptors (Lipinski definition) is 2. The maximum absolute atomic E-state index is 12.9.